The van der Waals surface area contributed by atoms with Crippen LogP contribution in [0.2, 0.25) is 5.02 Å². The number of hydrogen-bond donors (Lipinski definition) is 0. The van der Waals surface area contributed by atoms with Gasteiger partial charge in [0.05, 0.1) is 17.6 Å². The highest BCUT2D eigenvalue weighted by atomic mass is 35.5. The number of non-ortho nitro benzene ring substituents is 1. The lowest BCUT2D eigenvalue weighted by atomic mass is 10.0. The summed E-state index contributed by atoms with van der Waals surface area (Å²) in [6.07, 6.45) is 2.25. The zero-order valence-electron chi connectivity index (χ0n) is 15.3. The van der Waals surface area contributed by atoms with E-state index in [0.717, 1.165) is 24.5 Å². The van der Waals surface area contributed by atoms with E-state index in [4.69, 9.17) is 11.6 Å². The molecule has 2 aromatic carbocycles. The van der Waals surface area contributed by atoms with E-state index in [9.17, 15) is 19.7 Å². The molecule has 1 fully saturated rings. The Hall–Kier alpha value is -2.93. The normalized spacial score (nSPS) is 16.1. The smallest absolute Gasteiger partial charge is 0.338 e. The van der Waals surface area contributed by atoms with Crippen LogP contribution >= 0.6 is 11.6 Å². The molecule has 1 aliphatic heterocycles. The van der Waals surface area contributed by atoms with Gasteiger partial charge in [-0.15, -0.1) is 0 Å². The number of esters is 1. The number of nitro benzene ring substituents is 1. The van der Waals surface area contributed by atoms with Gasteiger partial charge in [-0.3, -0.25) is 14.9 Å². The highest BCUT2D eigenvalue weighted by Gasteiger charge is 2.31. The molecule has 1 amide bonds. The Bertz CT molecular complexity index is 931. The third-order valence-corrected chi connectivity index (χ3v) is 5.22. The quantitative estimate of drug-likeness (QED) is 0.430. The number of carbonyl (C=O) groups excluding carboxylic acids is 2. The molecule has 2 aromatic rings. The third-order valence-electron chi connectivity index (χ3n) is 4.85. The summed E-state index contributed by atoms with van der Waals surface area (Å²) in [5, 5.41) is 11.9. The molecule has 1 aliphatic rings. The molecule has 0 N–H and O–H groups in total. The molecule has 0 radical (unpaired) electrons. The number of hydrogen-bond acceptors (Lipinski definition) is 5. The standard InChI is InChI=1S/C20H19ClN2O5/c1-28-20(25)15-9-14(11-17(12-15)23(26)27)19(24)22-8-4-6-16(22)10-13-5-2-3-7-18(13)21/h2-3,5,7,9,11-12,16H,4,6,8,10H2,1H3. The fraction of sp³-hybridized carbons (Fsp3) is 0.300. The van der Waals surface area contributed by atoms with Gasteiger partial charge >= 0.3 is 5.97 Å². The molecule has 0 saturated carbocycles. The topological polar surface area (TPSA) is 89.8 Å². The van der Waals surface area contributed by atoms with Crippen molar-refractivity contribution in [3.05, 3.63) is 74.3 Å². The predicted octanol–water partition coefficient (Wildman–Crippen LogP) is 3.88. The third kappa shape index (κ3) is 4.14. The van der Waals surface area contributed by atoms with Crippen LogP contribution in [0, 0.1) is 10.1 Å². The van der Waals surface area contributed by atoms with Crippen molar-refractivity contribution < 1.29 is 19.2 Å². The van der Waals surface area contributed by atoms with Gasteiger partial charge in [0.2, 0.25) is 0 Å². The maximum atomic E-state index is 13.1. The summed E-state index contributed by atoms with van der Waals surface area (Å²) in [5.41, 5.74) is 0.693. The minimum absolute atomic E-state index is 0.0260. The zero-order valence-corrected chi connectivity index (χ0v) is 16.0. The molecular weight excluding hydrogens is 384 g/mol. The average molecular weight is 403 g/mol. The van der Waals surface area contributed by atoms with Gasteiger partial charge in [-0.2, -0.15) is 0 Å². The minimum atomic E-state index is -0.730. The molecule has 3 rings (SSSR count). The van der Waals surface area contributed by atoms with Gasteiger partial charge in [0.25, 0.3) is 11.6 Å². The molecule has 146 valence electrons. The van der Waals surface area contributed by atoms with E-state index < -0.39 is 10.9 Å². The number of carbonyl (C=O) groups is 2. The van der Waals surface area contributed by atoms with Crippen LogP contribution in [-0.2, 0) is 11.2 Å². The van der Waals surface area contributed by atoms with E-state index in [1.54, 1.807) is 11.0 Å². The van der Waals surface area contributed by atoms with Gasteiger partial charge in [-0.05, 0) is 37.0 Å². The van der Waals surface area contributed by atoms with Crippen LogP contribution in [0.5, 0.6) is 0 Å². The second-order valence-corrected chi connectivity index (χ2v) is 7.01. The highest BCUT2D eigenvalue weighted by Crippen LogP contribution is 2.27. The molecule has 0 aliphatic carbocycles. The van der Waals surface area contributed by atoms with Crippen molar-refractivity contribution in [2.24, 2.45) is 0 Å². The first kappa shape index (κ1) is 19.8. The van der Waals surface area contributed by atoms with Crippen molar-refractivity contribution in [1.82, 2.24) is 4.90 Å². The average Bonchev–Trinajstić information content (AvgIpc) is 3.16. The van der Waals surface area contributed by atoms with Crippen molar-refractivity contribution in [3.63, 3.8) is 0 Å². The Kier molecular flexibility index (Phi) is 5.94. The first-order chi connectivity index (χ1) is 13.4. The van der Waals surface area contributed by atoms with Crippen LogP contribution < -0.4 is 0 Å². The summed E-state index contributed by atoms with van der Waals surface area (Å²) in [4.78, 5) is 37.2. The first-order valence-corrected chi connectivity index (χ1v) is 9.20. The molecule has 1 heterocycles. The summed E-state index contributed by atoms with van der Waals surface area (Å²) in [5.74, 6) is -1.07. The minimum Gasteiger partial charge on any atom is -0.465 e. The van der Waals surface area contributed by atoms with Gasteiger partial charge in [-0.1, -0.05) is 29.8 Å². The summed E-state index contributed by atoms with van der Waals surface area (Å²) >= 11 is 6.24. The molecule has 1 atom stereocenters. The monoisotopic (exact) mass is 402 g/mol. The van der Waals surface area contributed by atoms with Gasteiger partial charge in [0, 0.05) is 35.3 Å². The predicted molar refractivity (Wildman–Crippen MR) is 104 cm³/mol. The summed E-state index contributed by atoms with van der Waals surface area (Å²) in [6.45, 7) is 0.546. The SMILES string of the molecule is COC(=O)c1cc(C(=O)N2CCCC2Cc2ccccc2Cl)cc([N+](=O)[O-])c1. The second-order valence-electron chi connectivity index (χ2n) is 6.61. The summed E-state index contributed by atoms with van der Waals surface area (Å²) in [7, 11) is 1.18. The largest absolute Gasteiger partial charge is 0.465 e. The molecule has 28 heavy (non-hydrogen) atoms. The molecule has 1 saturated heterocycles. The number of amides is 1. The first-order valence-electron chi connectivity index (χ1n) is 8.83. The van der Waals surface area contributed by atoms with Crippen molar-refractivity contribution in [2.75, 3.05) is 13.7 Å². The second kappa shape index (κ2) is 8.39. The van der Waals surface area contributed by atoms with E-state index >= 15 is 0 Å². The van der Waals surface area contributed by atoms with Crippen molar-refractivity contribution >= 4 is 29.2 Å². The summed E-state index contributed by atoms with van der Waals surface area (Å²) in [6, 6.07) is 11.0. The Balaban J connectivity index is 1.89. The van der Waals surface area contributed by atoms with Gasteiger partial charge in [0.15, 0.2) is 0 Å². The Morgan fingerprint density at radius 1 is 1.25 bits per heavy atom. The number of ether oxygens (including phenoxy) is 1. The fourth-order valence-corrected chi connectivity index (χ4v) is 3.69. The number of rotatable bonds is 5. The number of nitro groups is 1. The zero-order chi connectivity index (χ0) is 20.3. The van der Waals surface area contributed by atoms with Crippen LogP contribution in [0.1, 0.15) is 39.1 Å². The number of benzene rings is 2. The van der Waals surface area contributed by atoms with Crippen LogP contribution in [0.25, 0.3) is 0 Å². The lowest BCUT2D eigenvalue weighted by Gasteiger charge is -2.25. The molecule has 1 unspecified atom stereocenters. The summed E-state index contributed by atoms with van der Waals surface area (Å²) < 4.78 is 4.64. The lowest BCUT2D eigenvalue weighted by Crippen LogP contribution is -2.37. The molecule has 8 heteroatoms. The van der Waals surface area contributed by atoms with Crippen molar-refractivity contribution in [2.45, 2.75) is 25.3 Å². The van der Waals surface area contributed by atoms with Crippen molar-refractivity contribution in [3.8, 4) is 0 Å². The molecule has 0 aromatic heterocycles. The van der Waals surface area contributed by atoms with Gasteiger partial charge in [0.1, 0.15) is 0 Å². The molecular formula is C20H19ClN2O5. The van der Waals surface area contributed by atoms with Gasteiger partial charge in [-0.25, -0.2) is 4.79 Å². The van der Waals surface area contributed by atoms with E-state index in [0.29, 0.717) is 18.0 Å². The van der Waals surface area contributed by atoms with E-state index in [1.807, 2.05) is 18.2 Å². The van der Waals surface area contributed by atoms with Gasteiger partial charge < -0.3 is 9.64 Å². The van der Waals surface area contributed by atoms with Crippen LogP contribution in [-0.4, -0.2) is 41.4 Å². The van der Waals surface area contributed by atoms with Crippen LogP contribution in [0.4, 0.5) is 5.69 Å². The van der Waals surface area contributed by atoms with Crippen molar-refractivity contribution in [1.29, 1.82) is 0 Å². The molecule has 7 nitrogen and oxygen atoms in total. The van der Waals surface area contributed by atoms with E-state index in [2.05, 4.69) is 4.74 Å². The number of nitrogens with zero attached hydrogens (tertiary/aromatic N) is 2. The Labute approximate surface area is 167 Å². The molecule has 0 spiro atoms. The van der Waals surface area contributed by atoms with Crippen LogP contribution in [0.3, 0.4) is 0 Å². The fourth-order valence-electron chi connectivity index (χ4n) is 3.47. The van der Waals surface area contributed by atoms with Crippen LogP contribution in [0.15, 0.2) is 42.5 Å². The van der Waals surface area contributed by atoms with E-state index in [-0.39, 0.29) is 28.8 Å². The Morgan fingerprint density at radius 2 is 1.96 bits per heavy atom. The highest BCUT2D eigenvalue weighted by molar-refractivity contribution is 6.31. The van der Waals surface area contributed by atoms with E-state index in [1.165, 1.54) is 19.2 Å². The number of methoxy groups -OCH3 is 1. The Morgan fingerprint density at radius 3 is 2.64 bits per heavy atom. The molecule has 0 bridgehead atoms. The maximum absolute atomic E-state index is 13.1. The lowest BCUT2D eigenvalue weighted by molar-refractivity contribution is -0.384. The number of halogens is 1. The number of likely N-dealkylation sites (tertiary alicyclic amines) is 1. The maximum Gasteiger partial charge on any atom is 0.338 e.